The molecule has 0 aromatic heterocycles. The van der Waals surface area contributed by atoms with Crippen molar-refractivity contribution in [3.05, 3.63) is 27.7 Å². The van der Waals surface area contributed by atoms with E-state index in [1.165, 1.54) is 13.0 Å². The number of ether oxygens (including phenoxy) is 1. The number of Topliss-reactive ketones (excluding diaryl/α,β-unsaturated/α-hetero) is 1. The fraction of sp³-hybridized carbons (Fsp3) is 0.273. The molecule has 0 spiro atoms. The highest BCUT2D eigenvalue weighted by molar-refractivity contribution is 9.10. The van der Waals surface area contributed by atoms with Crippen LogP contribution in [-0.2, 0) is 0 Å². The molecular weight excluding hydrogens is 260 g/mol. The van der Waals surface area contributed by atoms with Crippen LogP contribution in [0.2, 0.25) is 0 Å². The molecule has 0 saturated carbocycles. The molecule has 0 atom stereocenters. The summed E-state index contributed by atoms with van der Waals surface area (Å²) in [4.78, 5) is 22.0. The number of aldehydes is 1. The molecule has 0 unspecified atom stereocenters. The van der Waals surface area contributed by atoms with Crippen LogP contribution in [0.25, 0.3) is 0 Å². The van der Waals surface area contributed by atoms with Crippen LogP contribution in [0.4, 0.5) is 0 Å². The van der Waals surface area contributed by atoms with Crippen molar-refractivity contribution in [2.45, 2.75) is 13.8 Å². The maximum Gasteiger partial charge on any atom is 0.163 e. The van der Waals surface area contributed by atoms with Gasteiger partial charge < -0.3 is 4.74 Å². The minimum atomic E-state index is -0.122. The minimum Gasteiger partial charge on any atom is -0.492 e. The first-order valence-corrected chi connectivity index (χ1v) is 5.32. The summed E-state index contributed by atoms with van der Waals surface area (Å²) in [5, 5.41) is 0. The van der Waals surface area contributed by atoms with E-state index in [-0.39, 0.29) is 5.78 Å². The van der Waals surface area contributed by atoms with Gasteiger partial charge in [-0.25, -0.2) is 0 Å². The van der Waals surface area contributed by atoms with E-state index in [1.807, 2.05) is 6.92 Å². The lowest BCUT2D eigenvalue weighted by Gasteiger charge is -2.10. The van der Waals surface area contributed by atoms with E-state index in [4.69, 9.17) is 4.74 Å². The van der Waals surface area contributed by atoms with Crippen LogP contribution in [0.5, 0.6) is 5.75 Å². The third-order valence-electron chi connectivity index (χ3n) is 1.87. The molecule has 1 aromatic rings. The summed E-state index contributed by atoms with van der Waals surface area (Å²) in [7, 11) is 0. The Morgan fingerprint density at radius 1 is 1.53 bits per heavy atom. The highest BCUT2D eigenvalue weighted by Gasteiger charge is 2.13. The van der Waals surface area contributed by atoms with Gasteiger partial charge in [0.2, 0.25) is 0 Å². The largest absolute Gasteiger partial charge is 0.492 e. The van der Waals surface area contributed by atoms with Gasteiger partial charge in [0, 0.05) is 5.56 Å². The third kappa shape index (κ3) is 2.65. The van der Waals surface area contributed by atoms with Crippen molar-refractivity contribution in [1.82, 2.24) is 0 Å². The zero-order chi connectivity index (χ0) is 11.4. The number of hydrogen-bond acceptors (Lipinski definition) is 3. The summed E-state index contributed by atoms with van der Waals surface area (Å²) in [5.41, 5.74) is 0.879. The Labute approximate surface area is 96.6 Å². The first-order valence-electron chi connectivity index (χ1n) is 4.52. The summed E-state index contributed by atoms with van der Waals surface area (Å²) < 4.78 is 5.97. The number of benzene rings is 1. The second-order valence-corrected chi connectivity index (χ2v) is 3.84. The van der Waals surface area contributed by atoms with Crippen LogP contribution in [-0.4, -0.2) is 18.7 Å². The summed E-state index contributed by atoms with van der Waals surface area (Å²) in [6, 6.07) is 3.16. The van der Waals surface area contributed by atoms with Crippen molar-refractivity contribution >= 4 is 28.0 Å². The quantitative estimate of drug-likeness (QED) is 0.624. The SMILES string of the molecule is CCOc1c(Br)cc(C=O)cc1C(C)=O. The van der Waals surface area contributed by atoms with Gasteiger partial charge in [0.05, 0.1) is 16.6 Å². The van der Waals surface area contributed by atoms with E-state index in [1.54, 1.807) is 6.07 Å². The monoisotopic (exact) mass is 270 g/mol. The topological polar surface area (TPSA) is 43.4 Å². The van der Waals surface area contributed by atoms with Gasteiger partial charge in [-0.05, 0) is 41.9 Å². The maximum absolute atomic E-state index is 11.3. The molecule has 0 heterocycles. The van der Waals surface area contributed by atoms with Crippen molar-refractivity contribution < 1.29 is 14.3 Å². The molecule has 15 heavy (non-hydrogen) atoms. The fourth-order valence-corrected chi connectivity index (χ4v) is 1.83. The van der Waals surface area contributed by atoms with Gasteiger partial charge in [0.1, 0.15) is 12.0 Å². The Bertz CT molecular complexity index is 399. The molecule has 0 bridgehead atoms. The normalized spacial score (nSPS) is 9.80. The summed E-state index contributed by atoms with van der Waals surface area (Å²) in [5.74, 6) is 0.374. The van der Waals surface area contributed by atoms with E-state index >= 15 is 0 Å². The lowest BCUT2D eigenvalue weighted by Crippen LogP contribution is -2.02. The highest BCUT2D eigenvalue weighted by atomic mass is 79.9. The van der Waals surface area contributed by atoms with Gasteiger partial charge in [-0.15, -0.1) is 0 Å². The van der Waals surface area contributed by atoms with Gasteiger partial charge in [-0.3, -0.25) is 9.59 Å². The van der Waals surface area contributed by atoms with Crippen LogP contribution < -0.4 is 4.74 Å². The first-order chi connectivity index (χ1) is 7.10. The fourth-order valence-electron chi connectivity index (χ4n) is 1.23. The smallest absolute Gasteiger partial charge is 0.163 e. The molecule has 0 aliphatic heterocycles. The number of carbonyl (C=O) groups is 2. The average Bonchev–Trinajstić information content (AvgIpc) is 2.20. The molecule has 0 N–H and O–H groups in total. The second kappa shape index (κ2) is 5.07. The molecule has 1 aromatic carbocycles. The molecule has 0 aliphatic carbocycles. The highest BCUT2D eigenvalue weighted by Crippen LogP contribution is 2.30. The van der Waals surface area contributed by atoms with Crippen molar-refractivity contribution in [2.24, 2.45) is 0 Å². The lowest BCUT2D eigenvalue weighted by molar-refractivity contribution is 0.101. The predicted molar refractivity (Wildman–Crippen MR) is 60.7 cm³/mol. The van der Waals surface area contributed by atoms with Crippen LogP contribution in [0, 0.1) is 0 Å². The van der Waals surface area contributed by atoms with Crippen LogP contribution in [0.15, 0.2) is 16.6 Å². The molecule has 0 amide bonds. The second-order valence-electron chi connectivity index (χ2n) is 2.99. The third-order valence-corrected chi connectivity index (χ3v) is 2.46. The number of hydrogen-bond donors (Lipinski definition) is 0. The maximum atomic E-state index is 11.3. The van der Waals surface area contributed by atoms with Gasteiger partial charge >= 0.3 is 0 Å². The van der Waals surface area contributed by atoms with Crippen LogP contribution in [0.3, 0.4) is 0 Å². The number of carbonyl (C=O) groups excluding carboxylic acids is 2. The number of ketones is 1. The number of halogens is 1. The zero-order valence-electron chi connectivity index (χ0n) is 8.54. The Hall–Kier alpha value is -1.16. The van der Waals surface area contributed by atoms with E-state index in [2.05, 4.69) is 15.9 Å². The predicted octanol–water partition coefficient (Wildman–Crippen LogP) is 2.86. The minimum absolute atomic E-state index is 0.122. The van der Waals surface area contributed by atoms with Crippen molar-refractivity contribution in [1.29, 1.82) is 0 Å². The van der Waals surface area contributed by atoms with Gasteiger partial charge in [0.15, 0.2) is 5.78 Å². The molecule has 3 nitrogen and oxygen atoms in total. The molecule has 1 rings (SSSR count). The molecule has 0 fully saturated rings. The van der Waals surface area contributed by atoms with E-state index in [9.17, 15) is 9.59 Å². The van der Waals surface area contributed by atoms with Gasteiger partial charge in [-0.2, -0.15) is 0 Å². The standard InChI is InChI=1S/C11H11BrO3/c1-3-15-11-9(7(2)14)4-8(6-13)5-10(11)12/h4-6H,3H2,1-2H3. The molecular formula is C11H11BrO3. The molecule has 0 saturated heterocycles. The molecule has 0 aliphatic rings. The Balaban J connectivity index is 3.34. The Kier molecular flexibility index (Phi) is 4.03. The average molecular weight is 271 g/mol. The summed E-state index contributed by atoms with van der Waals surface area (Å²) in [6.07, 6.45) is 0.701. The summed E-state index contributed by atoms with van der Waals surface area (Å²) >= 11 is 3.27. The Morgan fingerprint density at radius 2 is 2.20 bits per heavy atom. The molecule has 80 valence electrons. The van der Waals surface area contributed by atoms with E-state index in [0.29, 0.717) is 34.2 Å². The van der Waals surface area contributed by atoms with Crippen LogP contribution >= 0.6 is 15.9 Å². The molecule has 0 radical (unpaired) electrons. The van der Waals surface area contributed by atoms with Crippen molar-refractivity contribution in [2.75, 3.05) is 6.61 Å². The van der Waals surface area contributed by atoms with Crippen molar-refractivity contribution in [3.63, 3.8) is 0 Å². The molecule has 4 heteroatoms. The number of rotatable bonds is 4. The first kappa shape index (κ1) is 11.9. The zero-order valence-corrected chi connectivity index (χ0v) is 10.1. The van der Waals surface area contributed by atoms with E-state index < -0.39 is 0 Å². The van der Waals surface area contributed by atoms with E-state index in [0.717, 1.165) is 0 Å². The Morgan fingerprint density at radius 3 is 2.67 bits per heavy atom. The lowest BCUT2D eigenvalue weighted by atomic mass is 10.1. The van der Waals surface area contributed by atoms with Gasteiger partial charge in [0.25, 0.3) is 0 Å². The summed E-state index contributed by atoms with van der Waals surface area (Å²) in [6.45, 7) is 3.75. The van der Waals surface area contributed by atoms with Crippen molar-refractivity contribution in [3.8, 4) is 5.75 Å². The van der Waals surface area contributed by atoms with Gasteiger partial charge in [-0.1, -0.05) is 0 Å². The van der Waals surface area contributed by atoms with Crippen LogP contribution in [0.1, 0.15) is 34.6 Å².